The molecular formula is C30H39N3O4. The minimum absolute atomic E-state index is 0.143. The van der Waals surface area contributed by atoms with E-state index >= 15 is 0 Å². The molecule has 1 amide bonds. The third-order valence-electron chi connectivity index (χ3n) is 7.89. The molecule has 3 aromatic rings. The van der Waals surface area contributed by atoms with Crippen LogP contribution in [0.4, 0.5) is 5.69 Å². The maximum absolute atomic E-state index is 12.9. The van der Waals surface area contributed by atoms with Crippen LogP contribution < -0.4 is 15.4 Å². The monoisotopic (exact) mass is 505 g/mol. The second-order valence-electron chi connectivity index (χ2n) is 11.0. The number of ether oxygens (including phenoxy) is 2. The quantitative estimate of drug-likeness (QED) is 0.398. The van der Waals surface area contributed by atoms with E-state index in [2.05, 4.69) is 35.2 Å². The number of nitrogens with zero attached hydrogens (tertiary/aromatic N) is 1. The van der Waals surface area contributed by atoms with Gasteiger partial charge in [-0.15, -0.1) is 0 Å². The van der Waals surface area contributed by atoms with Gasteiger partial charge in [0.1, 0.15) is 12.4 Å². The van der Waals surface area contributed by atoms with Gasteiger partial charge < -0.3 is 29.8 Å². The van der Waals surface area contributed by atoms with Gasteiger partial charge in [-0.3, -0.25) is 4.79 Å². The van der Waals surface area contributed by atoms with Crippen LogP contribution in [0.25, 0.3) is 10.9 Å². The van der Waals surface area contributed by atoms with Crippen molar-refractivity contribution in [2.75, 3.05) is 18.5 Å². The van der Waals surface area contributed by atoms with Gasteiger partial charge in [-0.2, -0.15) is 0 Å². The Morgan fingerprint density at radius 1 is 1.16 bits per heavy atom. The zero-order chi connectivity index (χ0) is 26.0. The highest BCUT2D eigenvalue weighted by atomic mass is 16.5. The van der Waals surface area contributed by atoms with E-state index in [1.165, 1.54) is 11.2 Å². The number of aryl methyl sites for hydroxylation is 2. The summed E-state index contributed by atoms with van der Waals surface area (Å²) in [6.07, 6.45) is 5.96. The summed E-state index contributed by atoms with van der Waals surface area (Å²) in [7, 11) is 2.10. The van der Waals surface area contributed by atoms with Gasteiger partial charge in [0, 0.05) is 48.6 Å². The molecule has 1 saturated heterocycles. The highest BCUT2D eigenvalue weighted by molar-refractivity contribution is 6.05. The average Bonchev–Trinajstić information content (AvgIpc) is 3.50. The highest BCUT2D eigenvalue weighted by Crippen LogP contribution is 2.29. The maximum atomic E-state index is 12.9. The number of anilines is 1. The van der Waals surface area contributed by atoms with Gasteiger partial charge in [-0.05, 0) is 100 Å². The number of amides is 1. The second-order valence-corrected chi connectivity index (χ2v) is 11.0. The molecule has 2 fully saturated rings. The van der Waals surface area contributed by atoms with Gasteiger partial charge in [0.05, 0.1) is 17.2 Å². The van der Waals surface area contributed by atoms with E-state index in [-0.39, 0.29) is 12.0 Å². The average molecular weight is 506 g/mol. The smallest absolute Gasteiger partial charge is 0.255 e. The SMILES string of the molecule is Cc1cc(NC(=O)c2ccc(OC[C@@H]3CCCO3)cc2)cc2cc(CN[C@H]3CC[C@@](C)(O)CC3)n(C)c12. The van der Waals surface area contributed by atoms with Gasteiger partial charge in [-0.25, -0.2) is 0 Å². The van der Waals surface area contributed by atoms with Crippen molar-refractivity contribution in [1.82, 2.24) is 9.88 Å². The minimum atomic E-state index is -0.518. The Morgan fingerprint density at radius 2 is 1.92 bits per heavy atom. The Morgan fingerprint density at radius 3 is 2.62 bits per heavy atom. The largest absolute Gasteiger partial charge is 0.491 e. The molecule has 5 rings (SSSR count). The van der Waals surface area contributed by atoms with Crippen molar-refractivity contribution in [3.05, 3.63) is 59.3 Å². The number of hydrogen-bond donors (Lipinski definition) is 3. The van der Waals surface area contributed by atoms with Gasteiger partial charge in [0.2, 0.25) is 0 Å². The van der Waals surface area contributed by atoms with Crippen LogP contribution in [-0.4, -0.2) is 46.5 Å². The summed E-state index contributed by atoms with van der Waals surface area (Å²) in [6, 6.07) is 14.0. The standard InChI is InChI=1S/C30H39N3O4/c1-20-15-24(32-29(34)21-6-8-26(9-7-21)37-19-27-5-4-14-36-27)16-22-17-25(33(3)28(20)22)18-31-23-10-12-30(2,35)13-11-23/h6-9,15-17,23,27,31,35H,4-5,10-14,18-19H2,1-3H3,(H,32,34)/t23-,27-,30+/m0/s1. The Hall–Kier alpha value is -2.87. The lowest BCUT2D eigenvalue weighted by molar-refractivity contribution is 0.0139. The van der Waals surface area contributed by atoms with E-state index in [0.29, 0.717) is 18.2 Å². The minimum Gasteiger partial charge on any atom is -0.491 e. The third kappa shape index (κ3) is 6.17. The van der Waals surface area contributed by atoms with Crippen molar-refractivity contribution in [2.24, 2.45) is 7.05 Å². The van der Waals surface area contributed by atoms with Gasteiger partial charge in [0.15, 0.2) is 0 Å². The number of rotatable bonds is 8. The van der Waals surface area contributed by atoms with Gasteiger partial charge in [-0.1, -0.05) is 0 Å². The number of aliphatic hydroxyl groups is 1. The number of nitrogens with one attached hydrogen (secondary N) is 2. The molecule has 1 atom stereocenters. The molecule has 7 heteroatoms. The van der Waals surface area contributed by atoms with Gasteiger partial charge in [0.25, 0.3) is 5.91 Å². The van der Waals surface area contributed by atoms with Crippen molar-refractivity contribution < 1.29 is 19.4 Å². The molecule has 2 heterocycles. The molecule has 1 aliphatic heterocycles. The van der Waals surface area contributed by atoms with Crippen molar-refractivity contribution in [1.29, 1.82) is 0 Å². The summed E-state index contributed by atoms with van der Waals surface area (Å²) >= 11 is 0. The number of hydrogen-bond acceptors (Lipinski definition) is 5. The van der Waals surface area contributed by atoms with Crippen molar-refractivity contribution >= 4 is 22.5 Å². The van der Waals surface area contributed by atoms with Crippen LogP contribution in [0.1, 0.15) is 67.1 Å². The highest BCUT2D eigenvalue weighted by Gasteiger charge is 2.28. The van der Waals surface area contributed by atoms with E-state index < -0.39 is 5.60 Å². The molecule has 0 bridgehead atoms. The zero-order valence-electron chi connectivity index (χ0n) is 22.2. The molecule has 1 aromatic heterocycles. The Labute approximate surface area is 219 Å². The summed E-state index contributed by atoms with van der Waals surface area (Å²) in [5.74, 6) is 0.601. The summed E-state index contributed by atoms with van der Waals surface area (Å²) in [5, 5.41) is 18.1. The fourth-order valence-electron chi connectivity index (χ4n) is 5.60. The van der Waals surface area contributed by atoms with E-state index in [9.17, 15) is 9.90 Å². The second kappa shape index (κ2) is 10.9. The molecule has 198 valence electrons. The normalized spacial score (nSPS) is 23.9. The number of aromatic nitrogens is 1. The fourth-order valence-corrected chi connectivity index (χ4v) is 5.60. The van der Waals surface area contributed by atoms with E-state index in [1.807, 2.05) is 31.2 Å². The molecular weight excluding hydrogens is 466 g/mol. The summed E-state index contributed by atoms with van der Waals surface area (Å²) < 4.78 is 13.6. The number of carbonyl (C=O) groups is 1. The molecule has 1 saturated carbocycles. The van der Waals surface area contributed by atoms with E-state index in [1.54, 1.807) is 12.1 Å². The van der Waals surface area contributed by atoms with Crippen LogP contribution in [0.15, 0.2) is 42.5 Å². The first-order valence-corrected chi connectivity index (χ1v) is 13.5. The number of carbonyl (C=O) groups excluding carboxylic acids is 1. The third-order valence-corrected chi connectivity index (χ3v) is 7.89. The Kier molecular flexibility index (Phi) is 7.56. The lowest BCUT2D eigenvalue weighted by Crippen LogP contribution is -2.39. The van der Waals surface area contributed by atoms with Crippen LogP contribution in [0.5, 0.6) is 5.75 Å². The fraction of sp³-hybridized carbons (Fsp3) is 0.500. The zero-order valence-corrected chi connectivity index (χ0v) is 22.2. The summed E-state index contributed by atoms with van der Waals surface area (Å²) in [4.78, 5) is 12.9. The molecule has 0 unspecified atom stereocenters. The Balaban J connectivity index is 1.21. The van der Waals surface area contributed by atoms with Crippen LogP contribution in [-0.2, 0) is 18.3 Å². The maximum Gasteiger partial charge on any atom is 0.255 e. The van der Waals surface area contributed by atoms with E-state index in [0.717, 1.165) is 74.1 Å². The molecule has 3 N–H and O–H groups in total. The molecule has 0 radical (unpaired) electrons. The lowest BCUT2D eigenvalue weighted by atomic mass is 9.84. The predicted molar refractivity (Wildman–Crippen MR) is 146 cm³/mol. The number of fused-ring (bicyclic) bond motifs is 1. The first-order valence-electron chi connectivity index (χ1n) is 13.5. The van der Waals surface area contributed by atoms with Crippen molar-refractivity contribution in [3.63, 3.8) is 0 Å². The Bertz CT molecular complexity index is 1230. The molecule has 7 nitrogen and oxygen atoms in total. The molecule has 0 spiro atoms. The van der Waals surface area contributed by atoms with Gasteiger partial charge >= 0.3 is 0 Å². The summed E-state index contributed by atoms with van der Waals surface area (Å²) in [6.45, 7) is 6.15. The summed E-state index contributed by atoms with van der Waals surface area (Å²) in [5.41, 5.74) is 4.36. The van der Waals surface area contributed by atoms with Crippen molar-refractivity contribution in [2.45, 2.75) is 76.7 Å². The first-order chi connectivity index (χ1) is 17.8. The molecule has 1 aliphatic carbocycles. The van der Waals surface area contributed by atoms with Crippen LogP contribution in [0.3, 0.4) is 0 Å². The molecule has 37 heavy (non-hydrogen) atoms. The van der Waals surface area contributed by atoms with Crippen LogP contribution in [0, 0.1) is 6.92 Å². The van der Waals surface area contributed by atoms with E-state index in [4.69, 9.17) is 9.47 Å². The van der Waals surface area contributed by atoms with Crippen LogP contribution >= 0.6 is 0 Å². The first kappa shape index (κ1) is 25.8. The molecule has 2 aliphatic rings. The van der Waals surface area contributed by atoms with Crippen LogP contribution in [0.2, 0.25) is 0 Å². The molecule has 2 aromatic carbocycles. The lowest BCUT2D eigenvalue weighted by Gasteiger charge is -2.33. The topological polar surface area (TPSA) is 84.8 Å². The van der Waals surface area contributed by atoms with Crippen molar-refractivity contribution in [3.8, 4) is 5.75 Å². The number of benzene rings is 2. The predicted octanol–water partition coefficient (Wildman–Crippen LogP) is 5.08.